The van der Waals surface area contributed by atoms with Crippen LogP contribution in [0.3, 0.4) is 0 Å². The molecular weight excluding hydrogens is 344 g/mol. The van der Waals surface area contributed by atoms with E-state index in [2.05, 4.69) is 10.3 Å². The molecule has 2 fully saturated rings. The lowest BCUT2D eigenvalue weighted by molar-refractivity contribution is -0.133. The van der Waals surface area contributed by atoms with E-state index in [4.69, 9.17) is 4.42 Å². The first-order valence-electron chi connectivity index (χ1n) is 9.47. The van der Waals surface area contributed by atoms with Crippen molar-refractivity contribution in [2.45, 2.75) is 32.2 Å². The van der Waals surface area contributed by atoms with E-state index in [9.17, 15) is 9.59 Å². The number of carbonyl (C=O) groups is 2. The summed E-state index contributed by atoms with van der Waals surface area (Å²) in [4.78, 5) is 32.9. The number of oxazole rings is 1. The monoisotopic (exact) mass is 370 g/mol. The van der Waals surface area contributed by atoms with Gasteiger partial charge >= 0.3 is 0 Å². The fourth-order valence-corrected chi connectivity index (χ4v) is 4.10. The van der Waals surface area contributed by atoms with Gasteiger partial charge in [-0.1, -0.05) is 0 Å². The molecule has 2 amide bonds. The Hall–Kier alpha value is -2.41. The molecule has 0 radical (unpaired) electrons. The summed E-state index contributed by atoms with van der Waals surface area (Å²) in [5.74, 6) is 0.713. The van der Waals surface area contributed by atoms with Crippen molar-refractivity contribution in [2.24, 2.45) is 5.41 Å². The molecule has 1 saturated heterocycles. The predicted octanol–water partition coefficient (Wildman–Crippen LogP) is 1.81. The summed E-state index contributed by atoms with van der Waals surface area (Å²) < 4.78 is 5.52. The van der Waals surface area contributed by atoms with Crippen LogP contribution in [-0.2, 0) is 4.79 Å². The highest BCUT2D eigenvalue weighted by Gasteiger charge is 2.55. The molecule has 1 aliphatic carbocycles. The van der Waals surface area contributed by atoms with Gasteiger partial charge in [-0.25, -0.2) is 4.98 Å². The second-order valence-electron chi connectivity index (χ2n) is 8.13. The smallest absolute Gasteiger partial charge is 0.251 e. The fourth-order valence-electron chi connectivity index (χ4n) is 4.10. The Morgan fingerprint density at radius 1 is 1.33 bits per heavy atom. The maximum Gasteiger partial charge on any atom is 0.251 e. The topological polar surface area (TPSA) is 78.7 Å². The maximum absolute atomic E-state index is 12.6. The van der Waals surface area contributed by atoms with Crippen LogP contribution in [0.2, 0.25) is 0 Å². The highest BCUT2D eigenvalue weighted by atomic mass is 16.3. The van der Waals surface area contributed by atoms with Gasteiger partial charge in [0.25, 0.3) is 5.91 Å². The Labute approximate surface area is 158 Å². The summed E-state index contributed by atoms with van der Waals surface area (Å²) in [6.07, 6.45) is 2.91. The number of nitrogens with zero attached hydrogens (tertiary/aromatic N) is 3. The molecule has 1 spiro atoms. The second-order valence-corrected chi connectivity index (χ2v) is 8.13. The van der Waals surface area contributed by atoms with Crippen LogP contribution in [0.15, 0.2) is 22.6 Å². The minimum atomic E-state index is -0.0704. The number of likely N-dealkylation sites (N-methyl/N-ethyl adjacent to an activating group) is 1. The fraction of sp³-hybridized carbons (Fsp3) is 0.550. The third-order valence-electron chi connectivity index (χ3n) is 5.82. The lowest BCUT2D eigenvalue weighted by Crippen LogP contribution is -2.44. The molecule has 144 valence electrons. The first-order chi connectivity index (χ1) is 12.9. The van der Waals surface area contributed by atoms with E-state index in [0.717, 1.165) is 37.9 Å². The van der Waals surface area contributed by atoms with Gasteiger partial charge in [-0.2, -0.15) is 0 Å². The van der Waals surface area contributed by atoms with Crippen LogP contribution in [-0.4, -0.2) is 66.4 Å². The predicted molar refractivity (Wildman–Crippen MR) is 101 cm³/mol. The summed E-state index contributed by atoms with van der Waals surface area (Å²) in [7, 11) is 3.82. The van der Waals surface area contributed by atoms with Gasteiger partial charge in [0.05, 0.1) is 6.54 Å². The van der Waals surface area contributed by atoms with E-state index in [0.29, 0.717) is 23.6 Å². The number of hydrogen-bond donors (Lipinski definition) is 1. The molecule has 2 aliphatic rings. The second kappa shape index (κ2) is 6.64. The zero-order valence-corrected chi connectivity index (χ0v) is 16.1. The van der Waals surface area contributed by atoms with Crippen molar-refractivity contribution >= 4 is 22.9 Å². The van der Waals surface area contributed by atoms with Gasteiger partial charge in [0.2, 0.25) is 5.91 Å². The van der Waals surface area contributed by atoms with Crippen molar-refractivity contribution in [1.82, 2.24) is 20.1 Å². The minimum absolute atomic E-state index is 0.0704. The minimum Gasteiger partial charge on any atom is -0.441 e. The Morgan fingerprint density at radius 2 is 2.07 bits per heavy atom. The zero-order valence-electron chi connectivity index (χ0n) is 16.1. The number of fused-ring (bicyclic) bond motifs is 1. The van der Waals surface area contributed by atoms with Crippen molar-refractivity contribution in [2.75, 3.05) is 33.7 Å². The van der Waals surface area contributed by atoms with Gasteiger partial charge < -0.3 is 19.5 Å². The molecule has 2 aromatic rings. The first kappa shape index (κ1) is 18.0. The molecule has 1 unspecified atom stereocenters. The Balaban J connectivity index is 1.34. The SMILES string of the molecule is Cc1nc2ccc(C(=O)NC3CC34CCN(C(=O)CN(C)C)CC4)cc2o1. The van der Waals surface area contributed by atoms with Crippen molar-refractivity contribution < 1.29 is 14.0 Å². The van der Waals surface area contributed by atoms with E-state index in [1.807, 2.05) is 30.0 Å². The molecule has 2 heterocycles. The number of amides is 2. The number of piperidine rings is 1. The molecule has 0 bridgehead atoms. The average Bonchev–Trinajstić information content (AvgIpc) is 3.10. The molecule has 1 aromatic carbocycles. The van der Waals surface area contributed by atoms with Crippen LogP contribution in [0, 0.1) is 12.3 Å². The van der Waals surface area contributed by atoms with Gasteiger partial charge in [0, 0.05) is 31.6 Å². The number of hydrogen-bond acceptors (Lipinski definition) is 5. The number of likely N-dealkylation sites (tertiary alicyclic amines) is 1. The van der Waals surface area contributed by atoms with Gasteiger partial charge in [0.1, 0.15) is 5.52 Å². The zero-order chi connectivity index (χ0) is 19.2. The Kier molecular flexibility index (Phi) is 4.42. The quantitative estimate of drug-likeness (QED) is 0.888. The molecule has 1 atom stereocenters. The molecule has 1 N–H and O–H groups in total. The lowest BCUT2D eigenvalue weighted by Gasteiger charge is -2.33. The molecule has 4 rings (SSSR count). The average molecular weight is 370 g/mol. The van der Waals surface area contributed by atoms with Crippen LogP contribution in [0.5, 0.6) is 0 Å². The van der Waals surface area contributed by atoms with Crippen molar-refractivity contribution in [3.05, 3.63) is 29.7 Å². The van der Waals surface area contributed by atoms with E-state index in [1.54, 1.807) is 19.1 Å². The summed E-state index contributed by atoms with van der Waals surface area (Å²) in [6.45, 7) is 3.81. The highest BCUT2D eigenvalue weighted by molar-refractivity contribution is 5.97. The normalized spacial score (nSPS) is 21.0. The number of benzene rings is 1. The number of aromatic nitrogens is 1. The van der Waals surface area contributed by atoms with E-state index < -0.39 is 0 Å². The number of nitrogens with one attached hydrogen (secondary N) is 1. The summed E-state index contributed by atoms with van der Waals surface area (Å²) in [5.41, 5.74) is 2.16. The molecule has 7 heteroatoms. The van der Waals surface area contributed by atoms with E-state index in [1.165, 1.54) is 0 Å². The van der Waals surface area contributed by atoms with Crippen molar-refractivity contribution in [3.63, 3.8) is 0 Å². The van der Waals surface area contributed by atoms with Crippen LogP contribution in [0.1, 0.15) is 35.5 Å². The maximum atomic E-state index is 12.6. The van der Waals surface area contributed by atoms with Crippen LogP contribution >= 0.6 is 0 Å². The molecule has 7 nitrogen and oxygen atoms in total. The number of aryl methyl sites for hydroxylation is 1. The van der Waals surface area contributed by atoms with Crippen molar-refractivity contribution in [1.29, 1.82) is 0 Å². The first-order valence-corrected chi connectivity index (χ1v) is 9.47. The summed E-state index contributed by atoms with van der Waals surface area (Å²) >= 11 is 0. The lowest BCUT2D eigenvalue weighted by atomic mass is 9.92. The summed E-state index contributed by atoms with van der Waals surface area (Å²) in [6, 6.07) is 5.56. The Bertz CT molecular complexity index is 880. The van der Waals surface area contributed by atoms with E-state index in [-0.39, 0.29) is 23.3 Å². The molecular formula is C20H26N4O3. The molecule has 1 aromatic heterocycles. The molecule has 1 aliphatic heterocycles. The summed E-state index contributed by atoms with van der Waals surface area (Å²) in [5, 5.41) is 3.17. The largest absolute Gasteiger partial charge is 0.441 e. The van der Waals surface area contributed by atoms with Gasteiger partial charge in [0.15, 0.2) is 11.5 Å². The van der Waals surface area contributed by atoms with Crippen LogP contribution in [0.4, 0.5) is 0 Å². The Morgan fingerprint density at radius 3 is 2.78 bits per heavy atom. The molecule has 1 saturated carbocycles. The number of carbonyl (C=O) groups excluding carboxylic acids is 2. The van der Waals surface area contributed by atoms with Gasteiger partial charge in [-0.15, -0.1) is 0 Å². The van der Waals surface area contributed by atoms with Crippen LogP contribution < -0.4 is 5.32 Å². The third kappa shape index (κ3) is 3.56. The van der Waals surface area contributed by atoms with Crippen molar-refractivity contribution in [3.8, 4) is 0 Å². The van der Waals surface area contributed by atoms with Gasteiger partial charge in [-0.3, -0.25) is 9.59 Å². The number of rotatable bonds is 4. The molecule has 27 heavy (non-hydrogen) atoms. The highest BCUT2D eigenvalue weighted by Crippen LogP contribution is 2.54. The third-order valence-corrected chi connectivity index (χ3v) is 5.82. The van der Waals surface area contributed by atoms with E-state index >= 15 is 0 Å². The standard InChI is InChI=1S/C20H26N4O3/c1-13-21-15-5-4-14(10-16(15)27-13)19(26)22-17-11-20(17)6-8-24(9-7-20)18(25)12-23(2)3/h4-5,10,17H,6-9,11-12H2,1-3H3,(H,22,26). The van der Waals surface area contributed by atoms with Crippen LogP contribution in [0.25, 0.3) is 11.1 Å². The van der Waals surface area contributed by atoms with Gasteiger partial charge in [-0.05, 0) is 57.0 Å².